The lowest BCUT2D eigenvalue weighted by molar-refractivity contribution is -0.126. The van der Waals surface area contributed by atoms with Crippen LogP contribution in [0.25, 0.3) is 22.2 Å². The second kappa shape index (κ2) is 8.78. The van der Waals surface area contributed by atoms with E-state index in [2.05, 4.69) is 36.3 Å². The van der Waals surface area contributed by atoms with E-state index in [-0.39, 0.29) is 10.9 Å². The number of ketones is 1. The molecule has 0 unspecified atom stereocenters. The number of Topliss-reactive ketones (excluding diaryl/α,β-unsaturated/α-hetero) is 1. The van der Waals surface area contributed by atoms with Gasteiger partial charge in [0.25, 0.3) is 11.7 Å². The monoisotopic (exact) mass is 488 g/mol. The second-order valence-corrected chi connectivity index (χ2v) is 8.29. The highest BCUT2D eigenvalue weighted by molar-refractivity contribution is 6.45. The number of rotatable bonds is 5. The van der Waals surface area contributed by atoms with Crippen LogP contribution in [0.1, 0.15) is 10.4 Å². The highest BCUT2D eigenvalue weighted by Gasteiger charge is 2.31. The second-order valence-electron chi connectivity index (χ2n) is 8.29. The normalized spacial score (nSPS) is 15.5. The van der Waals surface area contributed by atoms with Crippen molar-refractivity contribution in [3.05, 3.63) is 66.5 Å². The van der Waals surface area contributed by atoms with E-state index >= 15 is 0 Å². The summed E-state index contributed by atoms with van der Waals surface area (Å²) in [5.41, 5.74) is 7.52. The predicted octanol–water partition coefficient (Wildman–Crippen LogP) is 1.32. The van der Waals surface area contributed by atoms with Gasteiger partial charge in [0.15, 0.2) is 17.5 Å². The Morgan fingerprint density at radius 1 is 1.00 bits per heavy atom. The van der Waals surface area contributed by atoms with Crippen molar-refractivity contribution >= 4 is 34.2 Å². The molecule has 0 spiro atoms. The van der Waals surface area contributed by atoms with Crippen LogP contribution < -0.4 is 20.9 Å². The van der Waals surface area contributed by atoms with Gasteiger partial charge in [0, 0.05) is 50.3 Å². The third kappa shape index (κ3) is 3.62. The van der Waals surface area contributed by atoms with Gasteiger partial charge in [-0.2, -0.15) is 10.3 Å². The van der Waals surface area contributed by atoms with E-state index in [0.717, 1.165) is 17.5 Å². The molecule has 5 heterocycles. The van der Waals surface area contributed by atoms with Crippen LogP contribution in [0.2, 0.25) is 0 Å². The first-order valence-corrected chi connectivity index (χ1v) is 11.3. The van der Waals surface area contributed by atoms with Crippen LogP contribution in [-0.4, -0.2) is 68.1 Å². The zero-order valence-electron chi connectivity index (χ0n) is 18.9. The Morgan fingerprint density at radius 2 is 1.81 bits per heavy atom. The maximum atomic E-state index is 14.7. The highest BCUT2D eigenvalue weighted by atomic mass is 19.1. The summed E-state index contributed by atoms with van der Waals surface area (Å²) in [6.45, 7) is 1.58. The number of hydrazine groups is 2. The van der Waals surface area contributed by atoms with Crippen LogP contribution in [0.5, 0.6) is 0 Å². The number of anilines is 2. The lowest BCUT2D eigenvalue weighted by atomic mass is 10.1. The number of amides is 1. The predicted molar refractivity (Wildman–Crippen MR) is 129 cm³/mol. The van der Waals surface area contributed by atoms with E-state index in [9.17, 15) is 14.0 Å². The molecular formula is C23H21FN10O2. The van der Waals surface area contributed by atoms with E-state index in [1.807, 2.05) is 35.2 Å². The van der Waals surface area contributed by atoms with Gasteiger partial charge in [-0.05, 0) is 0 Å². The van der Waals surface area contributed by atoms with Crippen LogP contribution in [0.4, 0.5) is 16.0 Å². The van der Waals surface area contributed by atoms with Gasteiger partial charge >= 0.3 is 0 Å². The lowest BCUT2D eigenvalue weighted by Gasteiger charge is -2.34. The molecule has 1 aromatic carbocycles. The topological polar surface area (TPSA) is 138 Å². The molecule has 0 radical (unpaired) electrons. The van der Waals surface area contributed by atoms with Gasteiger partial charge in [0.2, 0.25) is 0 Å². The Morgan fingerprint density at radius 3 is 2.56 bits per heavy atom. The smallest absolute Gasteiger partial charge is 0.295 e. The number of piperazine rings is 1. The summed E-state index contributed by atoms with van der Waals surface area (Å²) in [5.74, 6) is -1.10. The van der Waals surface area contributed by atoms with Gasteiger partial charge in [0.05, 0.1) is 22.7 Å². The summed E-state index contributed by atoms with van der Waals surface area (Å²) in [4.78, 5) is 36.8. The molecule has 0 aliphatic carbocycles. The van der Waals surface area contributed by atoms with E-state index in [0.29, 0.717) is 43.3 Å². The number of nitrogens with one attached hydrogen (secondary N) is 4. The molecule has 12 nitrogen and oxygen atoms in total. The zero-order chi connectivity index (χ0) is 24.6. The highest BCUT2D eigenvalue weighted by Crippen LogP contribution is 2.30. The molecule has 4 N–H and O–H groups in total. The first-order valence-electron chi connectivity index (χ1n) is 11.3. The minimum atomic E-state index is -0.778. The van der Waals surface area contributed by atoms with Crippen molar-refractivity contribution in [2.45, 2.75) is 0 Å². The van der Waals surface area contributed by atoms with Crippen molar-refractivity contribution in [3.63, 3.8) is 0 Å². The number of aromatic amines is 2. The van der Waals surface area contributed by atoms with E-state index in [1.54, 1.807) is 12.4 Å². The first kappa shape index (κ1) is 21.7. The molecule has 2 aliphatic heterocycles. The summed E-state index contributed by atoms with van der Waals surface area (Å²) >= 11 is 0. The largest absolute Gasteiger partial charge is 0.357 e. The van der Waals surface area contributed by atoms with Gasteiger partial charge in [-0.15, -0.1) is 10.6 Å². The van der Waals surface area contributed by atoms with E-state index in [1.165, 1.54) is 16.1 Å². The Labute approximate surface area is 203 Å². The molecule has 3 aromatic heterocycles. The summed E-state index contributed by atoms with van der Waals surface area (Å²) in [6, 6.07) is 9.69. The minimum absolute atomic E-state index is 0.0224. The summed E-state index contributed by atoms with van der Waals surface area (Å²) in [7, 11) is 0. The van der Waals surface area contributed by atoms with Crippen LogP contribution in [0, 0.1) is 5.82 Å². The number of benzene rings is 1. The van der Waals surface area contributed by atoms with Gasteiger partial charge < -0.3 is 20.2 Å². The first-order chi connectivity index (χ1) is 17.6. The summed E-state index contributed by atoms with van der Waals surface area (Å²) in [6.07, 6.45) is 5.67. The van der Waals surface area contributed by atoms with Crippen LogP contribution in [0.3, 0.4) is 0 Å². The molecule has 0 bridgehead atoms. The number of hydrogen-bond acceptors (Lipinski definition) is 9. The molecule has 1 fully saturated rings. The van der Waals surface area contributed by atoms with E-state index in [4.69, 9.17) is 0 Å². The molecule has 13 heteroatoms. The molecule has 182 valence electrons. The number of H-pyrrole nitrogens is 2. The van der Waals surface area contributed by atoms with Gasteiger partial charge in [-0.1, -0.05) is 30.3 Å². The van der Waals surface area contributed by atoms with Crippen LogP contribution >= 0.6 is 0 Å². The Balaban J connectivity index is 1.19. The number of aromatic nitrogens is 5. The van der Waals surface area contributed by atoms with Crippen molar-refractivity contribution in [3.8, 4) is 11.3 Å². The van der Waals surface area contributed by atoms with Crippen molar-refractivity contribution in [2.75, 3.05) is 36.1 Å². The molecule has 0 saturated carbocycles. The molecule has 36 heavy (non-hydrogen) atoms. The molecular weight excluding hydrogens is 467 g/mol. The maximum absolute atomic E-state index is 14.7. The third-order valence-electron chi connectivity index (χ3n) is 6.24. The average Bonchev–Trinajstić information content (AvgIpc) is 3.70. The van der Waals surface area contributed by atoms with Crippen molar-refractivity contribution < 1.29 is 14.0 Å². The number of nitrogens with zero attached hydrogens (tertiary/aromatic N) is 6. The number of pyridine rings is 1. The number of carbonyl (C=O) groups is 2. The van der Waals surface area contributed by atoms with Crippen molar-refractivity contribution in [1.29, 1.82) is 0 Å². The quantitative estimate of drug-likeness (QED) is 0.242. The van der Waals surface area contributed by atoms with Crippen LogP contribution in [0.15, 0.2) is 55.1 Å². The van der Waals surface area contributed by atoms with Crippen molar-refractivity contribution in [1.82, 2.24) is 41.2 Å². The average molecular weight is 488 g/mol. The van der Waals surface area contributed by atoms with Crippen LogP contribution in [-0.2, 0) is 4.79 Å². The number of carbonyl (C=O) groups excluding carboxylic acids is 2. The fraction of sp³-hybridized carbons (Fsp3) is 0.174. The van der Waals surface area contributed by atoms with Gasteiger partial charge in [-0.25, -0.2) is 14.4 Å². The summed E-state index contributed by atoms with van der Waals surface area (Å²) in [5, 5.41) is 12.8. The number of fused-ring (bicyclic) bond motifs is 1. The standard InChI is InChI=1S/C23H21FN10O2/c24-16-13-26-21(34-7-6-27-31-34)19-17(16)15(12-25-19)20(35)23(36)33-10-8-32(9-11-33)22-18(28-30-29-22)14-4-2-1-3-5-14/h1-7,12-13,25,27,31H,8-11H2,(H,28,29,30). The molecule has 2 aliphatic rings. The van der Waals surface area contributed by atoms with E-state index < -0.39 is 17.5 Å². The molecule has 6 rings (SSSR count). The van der Waals surface area contributed by atoms with Gasteiger partial charge in [-0.3, -0.25) is 9.59 Å². The fourth-order valence-corrected chi connectivity index (χ4v) is 4.45. The fourth-order valence-electron chi connectivity index (χ4n) is 4.45. The number of halogens is 1. The minimum Gasteiger partial charge on any atom is -0.357 e. The maximum Gasteiger partial charge on any atom is 0.295 e. The summed E-state index contributed by atoms with van der Waals surface area (Å²) < 4.78 is 14.7. The SMILES string of the molecule is O=C(C(=O)N1CCN(c2n[nH]nc2-c2ccccc2)CC1)c1c[nH]c2c(N3C=CNN3)ncc(F)c12. The molecule has 1 amide bonds. The zero-order valence-corrected chi connectivity index (χ0v) is 18.9. The molecule has 1 saturated heterocycles. The molecule has 4 aromatic rings. The Kier molecular flexibility index (Phi) is 5.30. The lowest BCUT2D eigenvalue weighted by Crippen LogP contribution is -2.50. The Bertz CT molecular complexity index is 1470. The third-order valence-corrected chi connectivity index (χ3v) is 6.24. The molecule has 0 atom stereocenters. The van der Waals surface area contributed by atoms with Gasteiger partial charge in [0.1, 0.15) is 5.69 Å². The van der Waals surface area contributed by atoms with Crippen molar-refractivity contribution in [2.24, 2.45) is 0 Å². The number of hydrogen-bond donors (Lipinski definition) is 4. The Hall–Kier alpha value is -4.78.